The Kier molecular flexibility index (Phi) is 10.1. The van der Waals surface area contributed by atoms with E-state index in [2.05, 4.69) is 15.6 Å². The molecule has 5 N–H and O–H groups in total. The lowest BCUT2D eigenvalue weighted by atomic mass is 9.92. The van der Waals surface area contributed by atoms with Crippen LogP contribution in [0.3, 0.4) is 0 Å². The zero-order valence-corrected chi connectivity index (χ0v) is 28.3. The zero-order valence-electron chi connectivity index (χ0n) is 27.4. The van der Waals surface area contributed by atoms with Crippen LogP contribution in [0.4, 0.5) is 21.6 Å². The normalized spacial score (nSPS) is 16.8. The van der Waals surface area contributed by atoms with Gasteiger partial charge in [-0.3, -0.25) is 14.4 Å². The van der Waals surface area contributed by atoms with Gasteiger partial charge >= 0.3 is 5.97 Å². The molecule has 12 nitrogen and oxygen atoms in total. The van der Waals surface area contributed by atoms with E-state index in [1.807, 2.05) is 0 Å². The van der Waals surface area contributed by atoms with Crippen LogP contribution in [0, 0.1) is 11.7 Å². The van der Waals surface area contributed by atoms with Gasteiger partial charge in [0.2, 0.25) is 11.8 Å². The van der Waals surface area contributed by atoms with Crippen molar-refractivity contribution >= 4 is 55.6 Å². The number of benzene rings is 3. The number of aromatic nitrogens is 1. The molecule has 1 saturated heterocycles. The second kappa shape index (κ2) is 14.1. The van der Waals surface area contributed by atoms with E-state index in [1.165, 1.54) is 68.3 Å². The summed E-state index contributed by atoms with van der Waals surface area (Å²) in [4.78, 5) is 44.7. The minimum atomic E-state index is -4.00. The monoisotopic (exact) mass is 691 g/mol. The maximum Gasteiger partial charge on any atom is 0.309 e. The highest BCUT2D eigenvalue weighted by Gasteiger charge is 2.46. The van der Waals surface area contributed by atoms with Crippen molar-refractivity contribution in [3.05, 3.63) is 83.8 Å². The molecule has 0 saturated carbocycles. The topological polar surface area (TPSA) is 181 Å². The number of likely N-dealkylation sites (tertiary alicyclic amines) is 1. The van der Waals surface area contributed by atoms with Crippen LogP contribution in [-0.2, 0) is 24.2 Å². The highest BCUT2D eigenvalue weighted by atomic mass is 32.2. The van der Waals surface area contributed by atoms with Gasteiger partial charge < -0.3 is 31.1 Å². The van der Waals surface area contributed by atoms with Crippen LogP contribution in [0.15, 0.2) is 71.8 Å². The van der Waals surface area contributed by atoms with Crippen LogP contribution in [0.1, 0.15) is 57.3 Å². The number of hydrogen-bond donors (Lipinski definition) is 4. The van der Waals surface area contributed by atoms with Gasteiger partial charge in [-0.15, -0.1) is 0 Å². The number of ether oxygens (including phenoxy) is 1. The predicted molar refractivity (Wildman–Crippen MR) is 183 cm³/mol. The number of carbonyl (C=O) groups excluding carboxylic acids is 2. The number of carboxylic acids is 1. The molecule has 2 heterocycles. The van der Waals surface area contributed by atoms with Crippen LogP contribution in [-0.4, -0.2) is 59.6 Å². The van der Waals surface area contributed by atoms with Crippen molar-refractivity contribution in [1.29, 1.82) is 0 Å². The largest absolute Gasteiger partial charge is 0.494 e. The van der Waals surface area contributed by atoms with E-state index in [9.17, 15) is 27.9 Å². The van der Waals surface area contributed by atoms with Crippen molar-refractivity contribution in [1.82, 2.24) is 9.88 Å². The highest BCUT2D eigenvalue weighted by Crippen LogP contribution is 2.44. The molecule has 1 aliphatic rings. The van der Waals surface area contributed by atoms with Crippen LogP contribution >= 0.6 is 0 Å². The fraction of sp³-hybridized carbons (Fsp3) is 0.314. The Morgan fingerprint density at radius 3 is 2.49 bits per heavy atom. The van der Waals surface area contributed by atoms with Crippen molar-refractivity contribution in [2.75, 3.05) is 29.5 Å². The van der Waals surface area contributed by atoms with Gasteiger partial charge in [0.15, 0.2) is 9.84 Å². The fourth-order valence-electron chi connectivity index (χ4n) is 6.15. The van der Waals surface area contributed by atoms with Crippen molar-refractivity contribution in [2.24, 2.45) is 5.92 Å². The first-order valence-electron chi connectivity index (χ1n) is 15.7. The number of rotatable bonds is 11. The lowest BCUT2D eigenvalue weighted by Gasteiger charge is -2.33. The highest BCUT2D eigenvalue weighted by molar-refractivity contribution is 7.92. The number of fused-ring (bicyclic) bond motifs is 1. The summed E-state index contributed by atoms with van der Waals surface area (Å²) in [5.74, 6) is -3.69. The number of aliphatic carboxylic acids is 1. The Labute approximate surface area is 283 Å². The van der Waals surface area contributed by atoms with Crippen molar-refractivity contribution in [3.8, 4) is 5.75 Å². The summed E-state index contributed by atoms with van der Waals surface area (Å²) >= 11 is 0. The number of pyridine rings is 1. The summed E-state index contributed by atoms with van der Waals surface area (Å²) < 4.78 is 48.6. The van der Waals surface area contributed by atoms with Gasteiger partial charge in [-0.05, 0) is 98.8 Å². The van der Waals surface area contributed by atoms with Crippen molar-refractivity contribution < 1.29 is 37.0 Å². The molecular weight excluding hydrogens is 653 g/mol. The van der Waals surface area contributed by atoms with E-state index in [0.717, 1.165) is 0 Å². The molecule has 14 heteroatoms. The summed E-state index contributed by atoms with van der Waals surface area (Å²) in [5.41, 5.74) is 6.66. The molecule has 5 rings (SSSR count). The minimum Gasteiger partial charge on any atom is -0.494 e. The van der Waals surface area contributed by atoms with Gasteiger partial charge in [0, 0.05) is 42.0 Å². The van der Waals surface area contributed by atoms with Gasteiger partial charge in [-0.25, -0.2) is 17.8 Å². The smallest absolute Gasteiger partial charge is 0.309 e. The Hall–Kier alpha value is -5.24. The molecule has 0 radical (unpaired) electrons. The van der Waals surface area contributed by atoms with E-state index in [-0.39, 0.29) is 41.3 Å². The van der Waals surface area contributed by atoms with E-state index < -0.39 is 56.7 Å². The molecule has 4 aromatic rings. The maximum absolute atomic E-state index is 15.7. The van der Waals surface area contributed by atoms with Crippen LogP contribution < -0.4 is 21.1 Å². The summed E-state index contributed by atoms with van der Waals surface area (Å²) in [6.45, 7) is 6.24. The molecule has 258 valence electrons. The molecule has 1 aromatic heterocycles. The Bertz CT molecular complexity index is 2040. The molecule has 2 amide bonds. The lowest BCUT2D eigenvalue weighted by Crippen LogP contribution is -2.40. The molecule has 0 spiro atoms. The average molecular weight is 692 g/mol. The molecule has 3 aromatic carbocycles. The third kappa shape index (κ3) is 7.14. The lowest BCUT2D eigenvalue weighted by molar-refractivity contribution is -0.143. The Morgan fingerprint density at radius 2 is 1.82 bits per heavy atom. The van der Waals surface area contributed by atoms with Gasteiger partial charge in [0.1, 0.15) is 23.4 Å². The van der Waals surface area contributed by atoms with Gasteiger partial charge in [0.25, 0.3) is 0 Å². The quantitative estimate of drug-likeness (QED) is 0.161. The van der Waals surface area contributed by atoms with Gasteiger partial charge in [-0.1, -0.05) is 0 Å². The van der Waals surface area contributed by atoms with Gasteiger partial charge in [0.05, 0.1) is 28.7 Å². The van der Waals surface area contributed by atoms with Crippen molar-refractivity contribution in [2.45, 2.75) is 56.3 Å². The molecule has 1 aliphatic heterocycles. The number of carboxylic acid groups (broad SMARTS) is 1. The minimum absolute atomic E-state index is 0.00624. The molecule has 0 aliphatic carbocycles. The van der Waals surface area contributed by atoms with E-state index in [0.29, 0.717) is 28.0 Å². The van der Waals surface area contributed by atoms with E-state index in [1.54, 1.807) is 31.2 Å². The maximum atomic E-state index is 15.7. The third-order valence-electron chi connectivity index (χ3n) is 8.52. The molecule has 0 unspecified atom stereocenters. The average Bonchev–Trinajstić information content (AvgIpc) is 3.50. The summed E-state index contributed by atoms with van der Waals surface area (Å²) in [6.07, 6.45) is 1.53. The first-order chi connectivity index (χ1) is 23.2. The summed E-state index contributed by atoms with van der Waals surface area (Å²) in [6, 6.07) is 12.3. The number of nitrogen functional groups attached to an aromatic ring is 1. The second-order valence-corrected chi connectivity index (χ2v) is 14.5. The number of sulfone groups is 1. The van der Waals surface area contributed by atoms with Gasteiger partial charge in [-0.2, -0.15) is 0 Å². The first-order valence-corrected chi connectivity index (χ1v) is 17.3. The summed E-state index contributed by atoms with van der Waals surface area (Å²) in [5, 5.41) is 16.6. The number of carbonyl (C=O) groups is 3. The second-order valence-electron chi connectivity index (χ2n) is 12.1. The molecular formula is C35H38FN5O7S. The Balaban J connectivity index is 1.68. The number of halogens is 1. The van der Waals surface area contributed by atoms with Crippen LogP contribution in [0.2, 0.25) is 0 Å². The molecule has 3 atom stereocenters. The standard InChI is InChI=1S/C35H38FN5O7S/c1-5-48-24-8-10-29(36)27(18-24)31(40-22-6-9-25-21(16-22)12-14-38-33(25)37)34(43)41-15-13-26(35(44)45)32(41)28-17-23(39-20(4)42)7-11-30(28)49(46,47)19(2)3/h6-12,14,16-19,26,31-32,40H,5,13,15H2,1-4H3,(H2,37,38)(H,39,42)(H,44,45)/t26-,31+,32+/m0/s1. The van der Waals surface area contributed by atoms with Crippen LogP contribution in [0.5, 0.6) is 5.75 Å². The third-order valence-corrected chi connectivity index (χ3v) is 10.7. The molecule has 1 fully saturated rings. The SMILES string of the molecule is CCOc1ccc(F)c([C@@H](Nc2ccc3c(N)nccc3c2)C(=O)N2CC[C@H](C(=O)O)[C@@H]2c2cc(NC(C)=O)ccc2S(=O)(=O)C(C)C)c1. The number of nitrogens with two attached hydrogens (primary N) is 1. The number of nitrogens with zero attached hydrogens (tertiary/aromatic N) is 2. The van der Waals surface area contributed by atoms with E-state index >= 15 is 4.39 Å². The first kappa shape index (κ1) is 35.1. The number of anilines is 3. The fourth-order valence-corrected chi connectivity index (χ4v) is 7.43. The summed E-state index contributed by atoms with van der Waals surface area (Å²) in [7, 11) is -4.00. The Morgan fingerprint density at radius 1 is 1.08 bits per heavy atom. The van der Waals surface area contributed by atoms with E-state index in [4.69, 9.17) is 10.5 Å². The predicted octanol–water partition coefficient (Wildman–Crippen LogP) is 5.32. The number of nitrogens with one attached hydrogen (secondary N) is 2. The molecule has 0 bridgehead atoms. The van der Waals surface area contributed by atoms with Crippen molar-refractivity contribution in [3.63, 3.8) is 0 Å². The van der Waals surface area contributed by atoms with Crippen LogP contribution in [0.25, 0.3) is 10.8 Å². The zero-order chi connectivity index (χ0) is 35.6. The number of hydrogen-bond acceptors (Lipinski definition) is 9. The number of amides is 2. The molecule has 49 heavy (non-hydrogen) atoms.